The lowest BCUT2D eigenvalue weighted by Crippen LogP contribution is -2.47. The second-order valence-electron chi connectivity index (χ2n) is 4.01. The van der Waals surface area contributed by atoms with Gasteiger partial charge in [-0.2, -0.15) is 0 Å². The predicted octanol–water partition coefficient (Wildman–Crippen LogP) is 1.14. The maximum atomic E-state index is 11.4. The van der Waals surface area contributed by atoms with E-state index in [4.69, 9.17) is 10.8 Å². The standard InChI is InChI=1S/C10H17NO3/c1-2-10(9(11)14)6-4-3-5-7(10)8(12)13/h7H,2-6H2,1H3,(H2,11,14)(H,12,13). The summed E-state index contributed by atoms with van der Waals surface area (Å²) in [6, 6.07) is 0. The van der Waals surface area contributed by atoms with Gasteiger partial charge in [0.05, 0.1) is 11.3 Å². The molecule has 1 saturated carbocycles. The summed E-state index contributed by atoms with van der Waals surface area (Å²) >= 11 is 0. The maximum Gasteiger partial charge on any atom is 0.307 e. The molecule has 0 saturated heterocycles. The van der Waals surface area contributed by atoms with E-state index in [9.17, 15) is 9.59 Å². The molecule has 0 aliphatic heterocycles. The Morgan fingerprint density at radius 2 is 2.14 bits per heavy atom. The minimum absolute atomic E-state index is 0.452. The summed E-state index contributed by atoms with van der Waals surface area (Å²) in [7, 11) is 0. The molecule has 4 nitrogen and oxygen atoms in total. The number of nitrogens with two attached hydrogens (primary N) is 1. The van der Waals surface area contributed by atoms with Crippen LogP contribution in [0.2, 0.25) is 0 Å². The van der Waals surface area contributed by atoms with Crippen molar-refractivity contribution in [2.45, 2.75) is 39.0 Å². The average molecular weight is 199 g/mol. The Bertz CT molecular complexity index is 252. The molecule has 0 spiro atoms. The SMILES string of the molecule is CCC1(C(N)=O)CCCCC1C(=O)O. The molecule has 0 heterocycles. The van der Waals surface area contributed by atoms with E-state index in [0.717, 1.165) is 12.8 Å². The van der Waals surface area contributed by atoms with Crippen molar-refractivity contribution in [3.8, 4) is 0 Å². The zero-order valence-corrected chi connectivity index (χ0v) is 8.45. The largest absolute Gasteiger partial charge is 0.481 e. The molecule has 1 rings (SSSR count). The van der Waals surface area contributed by atoms with Crippen LogP contribution in [-0.2, 0) is 9.59 Å². The first-order valence-electron chi connectivity index (χ1n) is 5.07. The molecule has 80 valence electrons. The lowest BCUT2D eigenvalue weighted by molar-refractivity contribution is -0.155. The van der Waals surface area contributed by atoms with Gasteiger partial charge in [0.25, 0.3) is 0 Å². The van der Waals surface area contributed by atoms with Gasteiger partial charge in [0, 0.05) is 0 Å². The van der Waals surface area contributed by atoms with Crippen molar-refractivity contribution < 1.29 is 14.7 Å². The highest BCUT2D eigenvalue weighted by molar-refractivity contribution is 5.87. The van der Waals surface area contributed by atoms with Crippen LogP contribution in [0.15, 0.2) is 0 Å². The molecule has 4 heteroatoms. The number of hydrogen-bond donors (Lipinski definition) is 2. The summed E-state index contributed by atoms with van der Waals surface area (Å²) in [6.07, 6.45) is 3.51. The molecule has 14 heavy (non-hydrogen) atoms. The van der Waals surface area contributed by atoms with E-state index in [-0.39, 0.29) is 0 Å². The van der Waals surface area contributed by atoms with Crippen molar-refractivity contribution in [3.63, 3.8) is 0 Å². The van der Waals surface area contributed by atoms with Crippen molar-refractivity contribution in [3.05, 3.63) is 0 Å². The van der Waals surface area contributed by atoms with Gasteiger partial charge < -0.3 is 10.8 Å². The molecule has 0 aromatic heterocycles. The highest BCUT2D eigenvalue weighted by Gasteiger charge is 2.47. The zero-order chi connectivity index (χ0) is 10.8. The van der Waals surface area contributed by atoms with Gasteiger partial charge in [-0.05, 0) is 19.3 Å². The Hall–Kier alpha value is -1.06. The fourth-order valence-corrected chi connectivity index (χ4v) is 2.49. The summed E-state index contributed by atoms with van der Waals surface area (Å²) in [6.45, 7) is 1.84. The van der Waals surface area contributed by atoms with E-state index in [1.807, 2.05) is 6.92 Å². The molecule has 0 radical (unpaired) electrons. The van der Waals surface area contributed by atoms with Gasteiger partial charge in [-0.3, -0.25) is 9.59 Å². The molecule has 0 aromatic rings. The van der Waals surface area contributed by atoms with Gasteiger partial charge in [-0.1, -0.05) is 19.8 Å². The highest BCUT2D eigenvalue weighted by Crippen LogP contribution is 2.43. The van der Waals surface area contributed by atoms with Crippen LogP contribution in [0.25, 0.3) is 0 Å². The number of amides is 1. The first-order chi connectivity index (χ1) is 6.54. The van der Waals surface area contributed by atoms with Crippen LogP contribution in [0.4, 0.5) is 0 Å². The Labute approximate surface area is 83.5 Å². The second kappa shape index (κ2) is 3.98. The monoisotopic (exact) mass is 199 g/mol. The third-order valence-electron chi connectivity index (χ3n) is 3.45. The molecule has 0 aromatic carbocycles. The number of hydrogen-bond acceptors (Lipinski definition) is 2. The van der Waals surface area contributed by atoms with Gasteiger partial charge >= 0.3 is 5.97 Å². The summed E-state index contributed by atoms with van der Waals surface area (Å²) < 4.78 is 0. The third-order valence-corrected chi connectivity index (χ3v) is 3.45. The van der Waals surface area contributed by atoms with Crippen molar-refractivity contribution in [2.24, 2.45) is 17.1 Å². The van der Waals surface area contributed by atoms with E-state index < -0.39 is 23.2 Å². The quantitative estimate of drug-likeness (QED) is 0.715. The summed E-state index contributed by atoms with van der Waals surface area (Å²) in [5.41, 5.74) is 4.54. The number of carboxylic acids is 1. The van der Waals surface area contributed by atoms with Gasteiger partial charge in [0.15, 0.2) is 0 Å². The molecular weight excluding hydrogens is 182 g/mol. The lowest BCUT2D eigenvalue weighted by atomic mass is 9.64. The van der Waals surface area contributed by atoms with Gasteiger partial charge in [-0.25, -0.2) is 0 Å². The van der Waals surface area contributed by atoms with Crippen LogP contribution >= 0.6 is 0 Å². The predicted molar refractivity (Wildman–Crippen MR) is 51.5 cm³/mol. The van der Waals surface area contributed by atoms with E-state index >= 15 is 0 Å². The van der Waals surface area contributed by atoms with Crippen LogP contribution in [0.3, 0.4) is 0 Å². The number of carboxylic acid groups (broad SMARTS) is 1. The summed E-state index contributed by atoms with van der Waals surface area (Å²) in [4.78, 5) is 22.4. The number of rotatable bonds is 3. The van der Waals surface area contributed by atoms with Crippen LogP contribution < -0.4 is 5.73 Å². The molecule has 1 aliphatic carbocycles. The molecule has 3 N–H and O–H groups in total. The zero-order valence-electron chi connectivity index (χ0n) is 8.45. The van der Waals surface area contributed by atoms with Gasteiger partial charge in [-0.15, -0.1) is 0 Å². The second-order valence-corrected chi connectivity index (χ2v) is 4.01. The van der Waals surface area contributed by atoms with E-state index in [0.29, 0.717) is 19.3 Å². The molecule has 1 amide bonds. The number of primary amides is 1. The van der Waals surface area contributed by atoms with Crippen molar-refractivity contribution in [2.75, 3.05) is 0 Å². The average Bonchev–Trinajstić information content (AvgIpc) is 2.17. The minimum Gasteiger partial charge on any atom is -0.481 e. The Morgan fingerprint density at radius 1 is 1.50 bits per heavy atom. The summed E-state index contributed by atoms with van der Waals surface area (Å²) in [5, 5.41) is 9.05. The lowest BCUT2D eigenvalue weighted by Gasteiger charge is -2.38. The fraction of sp³-hybridized carbons (Fsp3) is 0.800. The molecule has 0 bridgehead atoms. The number of aliphatic carboxylic acids is 1. The Morgan fingerprint density at radius 3 is 2.50 bits per heavy atom. The fourth-order valence-electron chi connectivity index (χ4n) is 2.49. The summed E-state index contributed by atoms with van der Waals surface area (Å²) in [5.74, 6) is -1.92. The van der Waals surface area contributed by atoms with Crippen LogP contribution in [0.1, 0.15) is 39.0 Å². The normalized spacial score (nSPS) is 32.5. The van der Waals surface area contributed by atoms with Crippen LogP contribution in [0.5, 0.6) is 0 Å². The van der Waals surface area contributed by atoms with Gasteiger partial charge in [0.2, 0.25) is 5.91 Å². The Balaban J connectivity index is 2.98. The number of carbonyl (C=O) groups excluding carboxylic acids is 1. The molecule has 2 atom stereocenters. The van der Waals surface area contributed by atoms with Crippen molar-refractivity contribution in [1.29, 1.82) is 0 Å². The molecular formula is C10H17NO3. The Kier molecular flexibility index (Phi) is 3.13. The van der Waals surface area contributed by atoms with E-state index in [1.54, 1.807) is 0 Å². The van der Waals surface area contributed by atoms with E-state index in [2.05, 4.69) is 0 Å². The number of carbonyl (C=O) groups is 2. The molecule has 1 fully saturated rings. The smallest absolute Gasteiger partial charge is 0.307 e. The van der Waals surface area contributed by atoms with Crippen LogP contribution in [0, 0.1) is 11.3 Å². The van der Waals surface area contributed by atoms with Crippen LogP contribution in [-0.4, -0.2) is 17.0 Å². The van der Waals surface area contributed by atoms with Crippen molar-refractivity contribution >= 4 is 11.9 Å². The molecule has 2 unspecified atom stereocenters. The third kappa shape index (κ3) is 1.61. The van der Waals surface area contributed by atoms with Crippen molar-refractivity contribution in [1.82, 2.24) is 0 Å². The first kappa shape index (κ1) is 11.0. The highest BCUT2D eigenvalue weighted by atomic mass is 16.4. The van der Waals surface area contributed by atoms with E-state index in [1.165, 1.54) is 0 Å². The molecule has 1 aliphatic rings. The maximum absolute atomic E-state index is 11.4. The van der Waals surface area contributed by atoms with Gasteiger partial charge in [0.1, 0.15) is 0 Å². The topological polar surface area (TPSA) is 80.4 Å². The minimum atomic E-state index is -0.884. The first-order valence-corrected chi connectivity index (χ1v) is 5.07.